The summed E-state index contributed by atoms with van der Waals surface area (Å²) in [6, 6.07) is 0. The van der Waals surface area contributed by atoms with Gasteiger partial charge in [0.1, 0.15) is 11.7 Å². The molecule has 4 aliphatic carbocycles. The number of rotatable bonds is 2. The van der Waals surface area contributed by atoms with Crippen molar-refractivity contribution < 1.29 is 30.0 Å². The van der Waals surface area contributed by atoms with Crippen LogP contribution < -0.4 is 0 Å². The van der Waals surface area contributed by atoms with Gasteiger partial charge in [-0.1, -0.05) is 27.7 Å². The Bertz CT molecular complexity index is 689. The Kier molecular flexibility index (Phi) is 4.76. The van der Waals surface area contributed by atoms with Crippen molar-refractivity contribution in [3.8, 4) is 0 Å². The molecule has 0 radical (unpaired) electrons. The number of fused-ring (bicyclic) bond motifs is 2. The van der Waals surface area contributed by atoms with Crippen molar-refractivity contribution in [3.63, 3.8) is 0 Å². The molecule has 0 aromatic heterocycles. The van der Waals surface area contributed by atoms with Crippen LogP contribution in [0, 0.1) is 34.5 Å². The van der Waals surface area contributed by atoms with E-state index in [1.807, 2.05) is 20.8 Å². The predicted octanol–water partition coefficient (Wildman–Crippen LogP) is 2.01. The van der Waals surface area contributed by atoms with Crippen LogP contribution in [0.4, 0.5) is 0 Å². The molecule has 4 saturated carbocycles. The molecule has 0 saturated heterocycles. The minimum atomic E-state index is -1.42. The summed E-state index contributed by atoms with van der Waals surface area (Å²) in [4.78, 5) is 12.3. The van der Waals surface area contributed by atoms with Crippen molar-refractivity contribution in [2.45, 2.75) is 103 Å². The zero-order chi connectivity index (χ0) is 21.6. The molecular weight excluding hydrogens is 372 g/mol. The van der Waals surface area contributed by atoms with Crippen LogP contribution >= 0.6 is 0 Å². The smallest absolute Gasteiger partial charge is 0.305 e. The molecule has 4 fully saturated rings. The molecule has 0 aromatic carbocycles. The lowest BCUT2D eigenvalue weighted by molar-refractivity contribution is -0.182. The first-order valence-electron chi connectivity index (χ1n) is 11.3. The lowest BCUT2D eigenvalue weighted by Crippen LogP contribution is -2.57. The summed E-state index contributed by atoms with van der Waals surface area (Å²) in [6.45, 7) is 9.37. The van der Waals surface area contributed by atoms with Crippen LogP contribution in [0.5, 0.6) is 0 Å². The van der Waals surface area contributed by atoms with E-state index in [2.05, 4.69) is 6.92 Å². The van der Waals surface area contributed by atoms with Crippen LogP contribution in [0.25, 0.3) is 0 Å². The lowest BCUT2D eigenvalue weighted by Gasteiger charge is -2.48. The molecule has 29 heavy (non-hydrogen) atoms. The molecule has 6 nitrogen and oxygen atoms in total. The van der Waals surface area contributed by atoms with Gasteiger partial charge < -0.3 is 25.2 Å². The van der Waals surface area contributed by atoms with Crippen LogP contribution in [0.3, 0.4) is 0 Å². The van der Waals surface area contributed by atoms with E-state index >= 15 is 0 Å². The number of hydrogen-bond donors (Lipinski definition) is 4. The van der Waals surface area contributed by atoms with Gasteiger partial charge in [0.15, 0.2) is 0 Å². The Morgan fingerprint density at radius 3 is 2.28 bits per heavy atom. The molecule has 1 spiro atoms. The summed E-state index contributed by atoms with van der Waals surface area (Å²) in [6.07, 6.45) is 0.920. The first-order valence-corrected chi connectivity index (χ1v) is 11.3. The van der Waals surface area contributed by atoms with Crippen LogP contribution in [-0.4, -0.2) is 55.9 Å². The molecule has 6 heteroatoms. The average Bonchev–Trinajstić information content (AvgIpc) is 2.86. The maximum absolute atomic E-state index is 12.3. The second kappa shape index (κ2) is 6.41. The summed E-state index contributed by atoms with van der Waals surface area (Å²) < 4.78 is 5.96. The lowest BCUT2D eigenvalue weighted by atomic mass is 9.59. The van der Waals surface area contributed by atoms with Crippen molar-refractivity contribution in [3.05, 3.63) is 0 Å². The third-order valence-corrected chi connectivity index (χ3v) is 9.75. The van der Waals surface area contributed by atoms with E-state index in [1.54, 1.807) is 6.92 Å². The number of aliphatic hydroxyl groups excluding tert-OH is 2. The van der Waals surface area contributed by atoms with Gasteiger partial charge in [-0.3, -0.25) is 4.79 Å². The topological polar surface area (TPSA) is 107 Å². The van der Waals surface area contributed by atoms with Crippen LogP contribution in [0.1, 0.15) is 73.1 Å². The van der Waals surface area contributed by atoms with Crippen LogP contribution in [-0.2, 0) is 9.53 Å². The molecule has 0 heterocycles. The monoisotopic (exact) mass is 410 g/mol. The van der Waals surface area contributed by atoms with E-state index in [0.29, 0.717) is 12.8 Å². The fraction of sp³-hybridized carbons (Fsp3) is 0.957. The molecular formula is C23H38O6. The summed E-state index contributed by atoms with van der Waals surface area (Å²) in [5.41, 5.74) is -3.78. The van der Waals surface area contributed by atoms with E-state index in [-0.39, 0.29) is 42.5 Å². The normalized spacial score (nSPS) is 55.7. The van der Waals surface area contributed by atoms with Crippen molar-refractivity contribution >= 4 is 5.97 Å². The Hall–Kier alpha value is -0.690. The van der Waals surface area contributed by atoms with Crippen LogP contribution in [0.2, 0.25) is 0 Å². The average molecular weight is 411 g/mol. The van der Waals surface area contributed by atoms with Crippen molar-refractivity contribution in [1.29, 1.82) is 0 Å². The van der Waals surface area contributed by atoms with Gasteiger partial charge in [0.05, 0.1) is 17.8 Å². The van der Waals surface area contributed by atoms with Gasteiger partial charge in [-0.15, -0.1) is 0 Å². The maximum atomic E-state index is 12.3. The van der Waals surface area contributed by atoms with E-state index in [0.717, 1.165) is 12.8 Å². The highest BCUT2D eigenvalue weighted by molar-refractivity contribution is 5.69. The molecule has 4 aliphatic rings. The highest BCUT2D eigenvalue weighted by Crippen LogP contribution is 2.69. The fourth-order valence-corrected chi connectivity index (χ4v) is 8.17. The standard InChI is InChI=1S/C23H38O6/c1-6-18(26)29-19-14-8-7-13-12(2)15-9-16(24)20(3,4)23(15,28)17(25)10-22(13,19)11-21(14,5)27/h12-17,19,24-25,27-28H,6-11H2,1-5H3/t12-,13-,14+,15-,16-,17+,19+,21+,22-,23-/m0/s1. The van der Waals surface area contributed by atoms with Gasteiger partial charge in [0, 0.05) is 23.2 Å². The zero-order valence-electron chi connectivity index (χ0n) is 18.4. The molecule has 0 aromatic rings. The first-order chi connectivity index (χ1) is 13.3. The second-order valence-corrected chi connectivity index (χ2v) is 11.3. The largest absolute Gasteiger partial charge is 0.461 e. The first kappa shape index (κ1) is 21.5. The van der Waals surface area contributed by atoms with Gasteiger partial charge in [-0.2, -0.15) is 0 Å². The number of carbonyl (C=O) groups is 1. The molecule has 0 amide bonds. The predicted molar refractivity (Wildman–Crippen MR) is 107 cm³/mol. The summed E-state index contributed by atoms with van der Waals surface area (Å²) >= 11 is 0. The Morgan fingerprint density at radius 1 is 1.03 bits per heavy atom. The Morgan fingerprint density at radius 2 is 1.66 bits per heavy atom. The highest BCUT2D eigenvalue weighted by atomic mass is 16.5. The third-order valence-electron chi connectivity index (χ3n) is 9.75. The summed E-state index contributed by atoms with van der Waals surface area (Å²) in [5.74, 6) is -0.529. The molecule has 166 valence electrons. The van der Waals surface area contributed by atoms with E-state index in [4.69, 9.17) is 4.74 Å². The molecule has 4 N–H and O–H groups in total. The molecule has 0 unspecified atom stereocenters. The number of carbonyl (C=O) groups excluding carboxylic acids is 1. The molecule has 4 rings (SSSR count). The SMILES string of the molecule is CCC(=O)O[C@@H]1[C@H]2CC[C@H]3[C@H](C)[C@@H]4C[C@H](O)C(C)(C)[C@@]4(O)[C@H](O)C[C@@]13C[C@@]2(C)O. The van der Waals surface area contributed by atoms with E-state index in [1.165, 1.54) is 0 Å². The number of ether oxygens (including phenoxy) is 1. The Balaban J connectivity index is 1.83. The van der Waals surface area contributed by atoms with Crippen molar-refractivity contribution in [2.75, 3.05) is 0 Å². The van der Waals surface area contributed by atoms with Gasteiger partial charge in [-0.05, 0) is 56.8 Å². The fourth-order valence-electron chi connectivity index (χ4n) is 8.17. The molecule has 2 bridgehead atoms. The minimum Gasteiger partial charge on any atom is -0.461 e. The third kappa shape index (κ3) is 2.58. The molecule has 10 atom stereocenters. The van der Waals surface area contributed by atoms with Gasteiger partial charge in [0.25, 0.3) is 0 Å². The quantitative estimate of drug-likeness (QED) is 0.519. The summed E-state index contributed by atoms with van der Waals surface area (Å²) in [7, 11) is 0. The second-order valence-electron chi connectivity index (χ2n) is 11.3. The van der Waals surface area contributed by atoms with Crippen molar-refractivity contribution in [2.24, 2.45) is 34.5 Å². The number of aliphatic hydroxyl groups is 4. The highest BCUT2D eigenvalue weighted by Gasteiger charge is 2.73. The van der Waals surface area contributed by atoms with E-state index in [9.17, 15) is 25.2 Å². The minimum absolute atomic E-state index is 0.0336. The summed E-state index contributed by atoms with van der Waals surface area (Å²) in [5, 5.41) is 45.3. The maximum Gasteiger partial charge on any atom is 0.305 e. The van der Waals surface area contributed by atoms with Gasteiger partial charge in [0.2, 0.25) is 0 Å². The number of esters is 1. The Labute approximate surface area is 173 Å². The van der Waals surface area contributed by atoms with Crippen LogP contribution in [0.15, 0.2) is 0 Å². The molecule has 0 aliphatic heterocycles. The van der Waals surface area contributed by atoms with Crippen molar-refractivity contribution in [1.82, 2.24) is 0 Å². The number of hydrogen-bond acceptors (Lipinski definition) is 6. The zero-order valence-corrected chi connectivity index (χ0v) is 18.4. The van der Waals surface area contributed by atoms with Gasteiger partial charge >= 0.3 is 5.97 Å². The van der Waals surface area contributed by atoms with E-state index < -0.39 is 40.3 Å². The van der Waals surface area contributed by atoms with Gasteiger partial charge in [-0.25, -0.2) is 0 Å².